The molecule has 1 aromatic rings. The van der Waals surface area contributed by atoms with Crippen molar-refractivity contribution in [1.29, 1.82) is 0 Å². The van der Waals surface area contributed by atoms with Crippen molar-refractivity contribution in [2.24, 2.45) is 11.7 Å². The first kappa shape index (κ1) is 16.1. The molecule has 19 heavy (non-hydrogen) atoms. The normalized spacial score (nSPS) is 13.6. The van der Waals surface area contributed by atoms with Crippen LogP contribution in [0.25, 0.3) is 0 Å². The maximum atomic E-state index is 11.8. The highest BCUT2D eigenvalue weighted by Gasteiger charge is 2.18. The number of rotatable bonds is 5. The maximum absolute atomic E-state index is 11.8. The van der Waals surface area contributed by atoms with Crippen LogP contribution in [0.2, 0.25) is 0 Å². The number of aromatic nitrogens is 1. The zero-order valence-corrected chi connectivity index (χ0v) is 13.3. The molecule has 0 aromatic carbocycles. The Morgan fingerprint density at radius 2 is 2.11 bits per heavy atom. The van der Waals surface area contributed by atoms with Crippen LogP contribution < -0.4 is 11.1 Å². The van der Waals surface area contributed by atoms with Crippen LogP contribution in [0.4, 0.5) is 0 Å². The molecule has 0 saturated carbocycles. The molecule has 1 rings (SSSR count). The number of nitrogens with one attached hydrogen (secondary N) is 1. The summed E-state index contributed by atoms with van der Waals surface area (Å²) >= 11 is 1.58. The average Bonchev–Trinajstić information content (AvgIpc) is 2.72. The molecule has 3 N–H and O–H groups in total. The Morgan fingerprint density at radius 3 is 2.58 bits per heavy atom. The molecular weight excluding hydrogens is 258 g/mol. The van der Waals surface area contributed by atoms with Crippen molar-refractivity contribution in [3.63, 3.8) is 0 Å². The molecule has 1 atom stereocenters. The lowest BCUT2D eigenvalue weighted by Crippen LogP contribution is -2.41. The van der Waals surface area contributed by atoms with Crippen LogP contribution in [0.5, 0.6) is 0 Å². The second-order valence-electron chi connectivity index (χ2n) is 6.33. The molecule has 0 aliphatic rings. The van der Waals surface area contributed by atoms with E-state index in [-0.39, 0.29) is 11.3 Å². The number of hydrogen-bond acceptors (Lipinski definition) is 4. The van der Waals surface area contributed by atoms with E-state index in [0.29, 0.717) is 18.9 Å². The van der Waals surface area contributed by atoms with E-state index in [1.165, 1.54) is 0 Å². The van der Waals surface area contributed by atoms with Gasteiger partial charge < -0.3 is 11.1 Å². The number of nitrogens with zero attached hydrogens (tertiary/aromatic N) is 1. The van der Waals surface area contributed by atoms with Crippen LogP contribution in [0, 0.1) is 5.92 Å². The van der Waals surface area contributed by atoms with Crippen molar-refractivity contribution in [2.45, 2.75) is 59.0 Å². The molecule has 0 aliphatic carbocycles. The molecule has 0 spiro atoms. The lowest BCUT2D eigenvalue weighted by molar-refractivity contribution is -0.122. The molecule has 108 valence electrons. The molecular formula is C14H25N3OS. The summed E-state index contributed by atoms with van der Waals surface area (Å²) in [4.78, 5) is 16.3. The largest absolute Gasteiger partial charge is 0.348 e. The molecule has 0 aliphatic heterocycles. The van der Waals surface area contributed by atoms with Crippen molar-refractivity contribution >= 4 is 17.2 Å². The summed E-state index contributed by atoms with van der Waals surface area (Å²) in [6.45, 7) is 11.0. The van der Waals surface area contributed by atoms with Gasteiger partial charge >= 0.3 is 0 Å². The lowest BCUT2D eigenvalue weighted by atomic mass is 9.93. The fraction of sp³-hybridized carbons (Fsp3) is 0.714. The van der Waals surface area contributed by atoms with Gasteiger partial charge in [0.1, 0.15) is 5.01 Å². The first-order chi connectivity index (χ1) is 8.70. The molecule has 0 radical (unpaired) electrons. The van der Waals surface area contributed by atoms with E-state index in [0.717, 1.165) is 10.7 Å². The van der Waals surface area contributed by atoms with Gasteiger partial charge in [-0.05, 0) is 12.3 Å². The quantitative estimate of drug-likeness (QED) is 0.872. The van der Waals surface area contributed by atoms with Gasteiger partial charge in [-0.3, -0.25) is 4.79 Å². The Morgan fingerprint density at radius 1 is 1.47 bits per heavy atom. The minimum atomic E-state index is -0.429. The number of thiazole rings is 1. The second-order valence-corrected chi connectivity index (χ2v) is 7.27. The van der Waals surface area contributed by atoms with Gasteiger partial charge in [0.05, 0.1) is 18.3 Å². The average molecular weight is 283 g/mol. The summed E-state index contributed by atoms with van der Waals surface area (Å²) in [5, 5.41) is 5.83. The van der Waals surface area contributed by atoms with E-state index in [4.69, 9.17) is 5.73 Å². The SMILES string of the molecule is CC(C)C[C@H](N)C(=O)NCc1nc(C(C)(C)C)cs1. The van der Waals surface area contributed by atoms with E-state index in [1.54, 1.807) is 11.3 Å². The fourth-order valence-corrected chi connectivity index (χ4v) is 2.61. The Labute approximate surface area is 119 Å². The highest BCUT2D eigenvalue weighted by molar-refractivity contribution is 7.09. The van der Waals surface area contributed by atoms with Crippen LogP contribution in [0.3, 0.4) is 0 Å². The summed E-state index contributed by atoms with van der Waals surface area (Å²) < 4.78 is 0. The molecule has 0 fully saturated rings. The first-order valence-corrected chi connectivity index (χ1v) is 7.56. The topological polar surface area (TPSA) is 68.0 Å². The van der Waals surface area contributed by atoms with E-state index in [2.05, 4.69) is 50.3 Å². The number of nitrogens with two attached hydrogens (primary N) is 1. The summed E-state index contributed by atoms with van der Waals surface area (Å²) in [6.07, 6.45) is 0.705. The molecule has 5 heteroatoms. The zero-order chi connectivity index (χ0) is 14.6. The van der Waals surface area contributed by atoms with Gasteiger partial charge in [-0.25, -0.2) is 4.98 Å². The van der Waals surface area contributed by atoms with Crippen molar-refractivity contribution in [3.05, 3.63) is 16.1 Å². The molecule has 0 saturated heterocycles. The van der Waals surface area contributed by atoms with Crippen molar-refractivity contribution in [3.8, 4) is 0 Å². The fourth-order valence-electron chi connectivity index (χ4n) is 1.65. The minimum absolute atomic E-state index is 0.0484. The zero-order valence-electron chi connectivity index (χ0n) is 12.5. The van der Waals surface area contributed by atoms with Crippen LogP contribution >= 0.6 is 11.3 Å². The summed E-state index contributed by atoms with van der Waals surface area (Å²) in [7, 11) is 0. The number of carbonyl (C=O) groups is 1. The highest BCUT2D eigenvalue weighted by Crippen LogP contribution is 2.23. The summed E-state index contributed by atoms with van der Waals surface area (Å²) in [5.74, 6) is 0.328. The van der Waals surface area contributed by atoms with Gasteiger partial charge in [0, 0.05) is 10.8 Å². The Bertz CT molecular complexity index is 421. The minimum Gasteiger partial charge on any atom is -0.348 e. The van der Waals surface area contributed by atoms with Gasteiger partial charge in [0.15, 0.2) is 0 Å². The Hall–Kier alpha value is -0.940. The Balaban J connectivity index is 2.49. The molecule has 1 aromatic heterocycles. The van der Waals surface area contributed by atoms with Crippen LogP contribution in [0.1, 0.15) is 51.7 Å². The molecule has 0 unspecified atom stereocenters. The van der Waals surface area contributed by atoms with E-state index >= 15 is 0 Å². The second kappa shape index (κ2) is 6.48. The van der Waals surface area contributed by atoms with Crippen molar-refractivity contribution < 1.29 is 4.79 Å². The summed E-state index contributed by atoms with van der Waals surface area (Å²) in [5.41, 5.74) is 6.94. The van der Waals surface area contributed by atoms with Crippen LogP contribution in [0.15, 0.2) is 5.38 Å². The van der Waals surface area contributed by atoms with Gasteiger partial charge in [-0.2, -0.15) is 0 Å². The maximum Gasteiger partial charge on any atom is 0.237 e. The number of hydrogen-bond donors (Lipinski definition) is 2. The number of amides is 1. The van der Waals surface area contributed by atoms with E-state index in [9.17, 15) is 4.79 Å². The standard InChI is InChI=1S/C14H25N3OS/c1-9(2)6-10(15)13(18)16-7-12-17-11(8-19-12)14(3,4)5/h8-10H,6-7,15H2,1-5H3,(H,16,18)/t10-/m0/s1. The van der Waals surface area contributed by atoms with Crippen molar-refractivity contribution in [1.82, 2.24) is 10.3 Å². The molecule has 0 bridgehead atoms. The number of carbonyl (C=O) groups excluding carboxylic acids is 1. The predicted molar refractivity (Wildman–Crippen MR) is 80.1 cm³/mol. The van der Waals surface area contributed by atoms with Crippen LogP contribution in [-0.2, 0) is 16.8 Å². The van der Waals surface area contributed by atoms with E-state index in [1.807, 2.05) is 0 Å². The molecule has 1 amide bonds. The third-order valence-corrected chi connectivity index (χ3v) is 3.64. The van der Waals surface area contributed by atoms with Gasteiger partial charge in [0.2, 0.25) is 5.91 Å². The predicted octanol–water partition coefficient (Wildman–Crippen LogP) is 2.43. The first-order valence-electron chi connectivity index (χ1n) is 6.68. The van der Waals surface area contributed by atoms with Crippen LogP contribution in [-0.4, -0.2) is 16.9 Å². The van der Waals surface area contributed by atoms with Crippen molar-refractivity contribution in [2.75, 3.05) is 0 Å². The monoisotopic (exact) mass is 283 g/mol. The van der Waals surface area contributed by atoms with E-state index < -0.39 is 6.04 Å². The third-order valence-electron chi connectivity index (χ3n) is 2.80. The highest BCUT2D eigenvalue weighted by atomic mass is 32.1. The Kier molecular flexibility index (Phi) is 5.50. The third kappa shape index (κ3) is 5.28. The van der Waals surface area contributed by atoms with Gasteiger partial charge in [0.25, 0.3) is 0 Å². The summed E-state index contributed by atoms with van der Waals surface area (Å²) in [6, 6.07) is -0.429. The van der Waals surface area contributed by atoms with Gasteiger partial charge in [-0.15, -0.1) is 11.3 Å². The molecule has 1 heterocycles. The molecule has 4 nitrogen and oxygen atoms in total. The van der Waals surface area contributed by atoms with Gasteiger partial charge in [-0.1, -0.05) is 34.6 Å². The lowest BCUT2D eigenvalue weighted by Gasteiger charge is -2.15. The smallest absolute Gasteiger partial charge is 0.237 e.